The van der Waals surface area contributed by atoms with E-state index < -0.39 is 35.0 Å². The molecule has 3 N–H and O–H groups in total. The molecule has 176 valence electrons. The van der Waals surface area contributed by atoms with Crippen LogP contribution < -0.4 is 30.6 Å². The van der Waals surface area contributed by atoms with Crippen LogP contribution in [0.5, 0.6) is 5.88 Å². The molecule has 0 aromatic carbocycles. The number of carbonyl (C=O) groups is 3. The lowest BCUT2D eigenvalue weighted by Crippen LogP contribution is -2.54. The third-order valence-corrected chi connectivity index (χ3v) is 5.11. The average Bonchev–Trinajstić information content (AvgIpc) is 2.77. The molecular weight excluding hydrogens is 456 g/mol. The van der Waals surface area contributed by atoms with Gasteiger partial charge in [-0.05, 0) is 24.3 Å². The summed E-state index contributed by atoms with van der Waals surface area (Å²) in [5.41, 5.74) is -1.81. The maximum absolute atomic E-state index is 12.9. The Bertz CT molecular complexity index is 1570. The molecule has 0 unspecified atom stereocenters. The summed E-state index contributed by atoms with van der Waals surface area (Å²) in [4.78, 5) is 65.1. The first-order chi connectivity index (χ1) is 16.7. The number of hydrogen-bond acceptors (Lipinski definition) is 6. The van der Waals surface area contributed by atoms with Crippen LogP contribution in [-0.2, 0) is 23.7 Å². The SMILES string of the molecule is C[n+]1cccc(N2C(=O)NC(=O)C(=CC=Cc3c(O)n(-c4ccc[n+](C)c4)c(=O)[nH]c3=O)C2=O)c1. The molecule has 0 spiro atoms. The monoisotopic (exact) mass is 476 g/mol. The molecule has 1 fully saturated rings. The number of imide groups is 2. The number of pyridine rings is 2. The third kappa shape index (κ3) is 4.39. The van der Waals surface area contributed by atoms with Crippen LogP contribution in [0.4, 0.5) is 10.5 Å². The quantitative estimate of drug-likeness (QED) is 0.253. The van der Waals surface area contributed by atoms with Crippen molar-refractivity contribution >= 4 is 29.6 Å². The highest BCUT2D eigenvalue weighted by Crippen LogP contribution is 2.20. The van der Waals surface area contributed by atoms with E-state index in [9.17, 15) is 29.1 Å². The van der Waals surface area contributed by atoms with E-state index in [1.807, 2.05) is 0 Å². The average molecular weight is 476 g/mol. The van der Waals surface area contributed by atoms with Crippen LogP contribution in [-0.4, -0.2) is 32.5 Å². The smallest absolute Gasteiger partial charge is 0.336 e. The van der Waals surface area contributed by atoms with Crippen molar-refractivity contribution in [3.05, 3.63) is 93.2 Å². The number of aromatic hydroxyl groups is 1. The van der Waals surface area contributed by atoms with Crippen molar-refractivity contribution in [3.8, 4) is 11.6 Å². The van der Waals surface area contributed by atoms with Gasteiger partial charge in [0.15, 0.2) is 24.8 Å². The fraction of sp³-hybridized carbons (Fsp3) is 0.0870. The first kappa shape index (κ1) is 23.0. The van der Waals surface area contributed by atoms with E-state index in [2.05, 4.69) is 10.3 Å². The molecule has 35 heavy (non-hydrogen) atoms. The predicted octanol–water partition coefficient (Wildman–Crippen LogP) is -0.897. The number of aromatic amines is 1. The molecule has 3 aromatic heterocycles. The number of nitrogens with one attached hydrogen (secondary N) is 2. The number of urea groups is 1. The molecule has 0 bridgehead atoms. The molecule has 4 amide bonds. The Morgan fingerprint density at radius 3 is 2.23 bits per heavy atom. The van der Waals surface area contributed by atoms with Crippen molar-refractivity contribution in [1.82, 2.24) is 14.9 Å². The lowest BCUT2D eigenvalue weighted by atomic mass is 10.1. The zero-order chi connectivity index (χ0) is 25.3. The number of aromatic nitrogens is 4. The van der Waals surface area contributed by atoms with E-state index in [1.165, 1.54) is 18.3 Å². The van der Waals surface area contributed by atoms with Gasteiger partial charge in [-0.25, -0.2) is 28.2 Å². The van der Waals surface area contributed by atoms with Crippen LogP contribution >= 0.6 is 0 Å². The minimum atomic E-state index is -0.916. The summed E-state index contributed by atoms with van der Waals surface area (Å²) < 4.78 is 4.19. The lowest BCUT2D eigenvalue weighted by molar-refractivity contribution is -0.671. The van der Waals surface area contributed by atoms with Crippen LogP contribution in [0.3, 0.4) is 0 Å². The Labute approximate surface area is 197 Å². The van der Waals surface area contributed by atoms with Crippen LogP contribution in [0.2, 0.25) is 0 Å². The van der Waals surface area contributed by atoms with Crippen molar-refractivity contribution in [1.29, 1.82) is 0 Å². The molecule has 4 heterocycles. The van der Waals surface area contributed by atoms with Crippen LogP contribution in [0.25, 0.3) is 11.8 Å². The lowest BCUT2D eigenvalue weighted by Gasteiger charge is -2.25. The van der Waals surface area contributed by atoms with E-state index >= 15 is 0 Å². The maximum atomic E-state index is 12.9. The van der Waals surface area contributed by atoms with Gasteiger partial charge in [0.2, 0.25) is 5.88 Å². The Balaban J connectivity index is 1.72. The number of allylic oxidation sites excluding steroid dienone is 2. The summed E-state index contributed by atoms with van der Waals surface area (Å²) in [6.45, 7) is 0. The highest BCUT2D eigenvalue weighted by atomic mass is 16.3. The minimum Gasteiger partial charge on any atom is -0.494 e. The van der Waals surface area contributed by atoms with Gasteiger partial charge in [-0.15, -0.1) is 0 Å². The van der Waals surface area contributed by atoms with Crippen molar-refractivity contribution in [2.24, 2.45) is 14.1 Å². The Morgan fingerprint density at radius 2 is 1.57 bits per heavy atom. The molecule has 0 radical (unpaired) electrons. The van der Waals surface area contributed by atoms with E-state index in [1.54, 1.807) is 60.0 Å². The second-order valence-electron chi connectivity index (χ2n) is 7.63. The summed E-state index contributed by atoms with van der Waals surface area (Å²) in [6, 6.07) is 5.48. The summed E-state index contributed by atoms with van der Waals surface area (Å²) in [5, 5.41) is 12.7. The molecule has 12 nitrogen and oxygen atoms in total. The molecule has 0 saturated carbocycles. The van der Waals surface area contributed by atoms with Crippen molar-refractivity contribution < 1.29 is 28.6 Å². The van der Waals surface area contributed by atoms with Gasteiger partial charge in [-0.1, -0.05) is 6.08 Å². The standard InChI is InChI=1S/C23H18N6O6/c1-26-10-4-6-14(12-26)28-20(32)16(18(30)24-22(28)34)8-3-9-17-19(31)25-23(35)29(21(17)33)15-7-5-11-27(2)13-15/h3-13H,1-2H3,(H-2,24,25,30,31,32,33,34,35)/p+2. The van der Waals surface area contributed by atoms with E-state index in [-0.39, 0.29) is 16.8 Å². The van der Waals surface area contributed by atoms with Crippen LogP contribution in [0.1, 0.15) is 5.56 Å². The number of anilines is 1. The zero-order valence-electron chi connectivity index (χ0n) is 18.6. The number of rotatable bonds is 4. The maximum Gasteiger partial charge on any atom is 0.336 e. The molecule has 1 aliphatic rings. The number of amides is 4. The number of nitrogens with zero attached hydrogens (tertiary/aromatic N) is 4. The van der Waals surface area contributed by atoms with Gasteiger partial charge in [0.25, 0.3) is 17.4 Å². The number of barbiturate groups is 1. The van der Waals surface area contributed by atoms with E-state index in [4.69, 9.17) is 0 Å². The predicted molar refractivity (Wildman–Crippen MR) is 121 cm³/mol. The third-order valence-electron chi connectivity index (χ3n) is 5.11. The summed E-state index contributed by atoms with van der Waals surface area (Å²) >= 11 is 0. The van der Waals surface area contributed by atoms with Gasteiger partial charge in [0.05, 0.1) is 0 Å². The Kier molecular flexibility index (Phi) is 5.94. The molecule has 1 saturated heterocycles. The van der Waals surface area contributed by atoms with E-state index in [0.717, 1.165) is 21.6 Å². The van der Waals surface area contributed by atoms with Crippen molar-refractivity contribution in [2.45, 2.75) is 0 Å². The number of hydrogen-bond donors (Lipinski definition) is 3. The summed E-state index contributed by atoms with van der Waals surface area (Å²) in [7, 11) is 3.43. The molecule has 0 atom stereocenters. The van der Waals surface area contributed by atoms with Crippen molar-refractivity contribution in [3.63, 3.8) is 0 Å². The fourth-order valence-corrected chi connectivity index (χ4v) is 3.49. The first-order valence-electron chi connectivity index (χ1n) is 10.2. The highest BCUT2D eigenvalue weighted by molar-refractivity contribution is 6.37. The van der Waals surface area contributed by atoms with Crippen molar-refractivity contribution in [2.75, 3.05) is 4.90 Å². The molecule has 1 aliphatic heterocycles. The van der Waals surface area contributed by atoms with Crippen LogP contribution in [0, 0.1) is 0 Å². The minimum absolute atomic E-state index is 0.247. The number of carbonyl (C=O) groups excluding carboxylic acids is 3. The topological polar surface area (TPSA) is 149 Å². The van der Waals surface area contributed by atoms with Gasteiger partial charge in [0.1, 0.15) is 36.6 Å². The van der Waals surface area contributed by atoms with Gasteiger partial charge in [0, 0.05) is 12.1 Å². The Hall–Kier alpha value is -5.13. The summed E-state index contributed by atoms with van der Waals surface area (Å²) in [6.07, 6.45) is 9.97. The Morgan fingerprint density at radius 1 is 0.943 bits per heavy atom. The van der Waals surface area contributed by atoms with Gasteiger partial charge in [-0.2, -0.15) is 0 Å². The molecule has 3 aromatic rings. The van der Waals surface area contributed by atoms with E-state index in [0.29, 0.717) is 5.69 Å². The molecule has 4 rings (SSSR count). The highest BCUT2D eigenvalue weighted by Gasteiger charge is 2.37. The zero-order valence-corrected chi connectivity index (χ0v) is 18.6. The fourth-order valence-electron chi connectivity index (χ4n) is 3.49. The first-order valence-corrected chi connectivity index (χ1v) is 10.2. The van der Waals surface area contributed by atoms with Gasteiger partial charge in [-0.3, -0.25) is 24.7 Å². The second kappa shape index (κ2) is 9.02. The second-order valence-corrected chi connectivity index (χ2v) is 7.63. The van der Waals surface area contributed by atoms with Gasteiger partial charge >= 0.3 is 11.7 Å². The largest absolute Gasteiger partial charge is 0.494 e. The normalized spacial score (nSPS) is 15.2. The number of H-pyrrole nitrogens is 1. The van der Waals surface area contributed by atoms with Gasteiger partial charge < -0.3 is 5.11 Å². The molecule has 0 aliphatic carbocycles. The molecule has 12 heteroatoms. The molecular formula is C23H20N6O6+2. The summed E-state index contributed by atoms with van der Waals surface area (Å²) in [5.74, 6) is -2.41. The van der Waals surface area contributed by atoms with Crippen LogP contribution in [0.15, 0.2) is 76.4 Å². The number of aryl methyl sites for hydroxylation is 2.